The lowest BCUT2D eigenvalue weighted by molar-refractivity contribution is 0.444. The van der Waals surface area contributed by atoms with Gasteiger partial charge in [-0.25, -0.2) is 18.2 Å². The first-order chi connectivity index (χ1) is 8.58. The molecule has 0 saturated heterocycles. The first-order valence-electron chi connectivity index (χ1n) is 4.93. The zero-order valence-corrected chi connectivity index (χ0v) is 9.72. The van der Waals surface area contributed by atoms with Crippen LogP contribution in [0.1, 0.15) is 5.56 Å². The van der Waals surface area contributed by atoms with Crippen LogP contribution in [0.5, 0.6) is 11.6 Å². The second kappa shape index (κ2) is 5.27. The molecule has 0 aliphatic heterocycles. The van der Waals surface area contributed by atoms with Crippen molar-refractivity contribution in [1.29, 1.82) is 0 Å². The molecule has 18 heavy (non-hydrogen) atoms. The van der Waals surface area contributed by atoms with E-state index in [4.69, 9.17) is 16.3 Å². The Bertz CT molecular complexity index is 557. The predicted octanol–water partition coefficient (Wildman–Crippen LogP) is 4.03. The Kier molecular flexibility index (Phi) is 3.72. The summed E-state index contributed by atoms with van der Waals surface area (Å²) in [6.45, 7) is 0. The summed E-state index contributed by atoms with van der Waals surface area (Å²) in [6, 6.07) is 3.84. The van der Waals surface area contributed by atoms with Crippen molar-refractivity contribution < 1.29 is 17.9 Å². The average Bonchev–Trinajstić information content (AvgIpc) is 2.30. The fourth-order valence-electron chi connectivity index (χ4n) is 1.36. The van der Waals surface area contributed by atoms with Crippen molar-refractivity contribution in [2.45, 2.75) is 5.88 Å². The second-order valence-corrected chi connectivity index (χ2v) is 3.73. The van der Waals surface area contributed by atoms with E-state index < -0.39 is 17.5 Å². The van der Waals surface area contributed by atoms with Crippen LogP contribution in [0.4, 0.5) is 13.2 Å². The molecule has 1 aromatic heterocycles. The van der Waals surface area contributed by atoms with E-state index in [1.54, 1.807) is 0 Å². The van der Waals surface area contributed by atoms with E-state index in [1.165, 1.54) is 0 Å². The number of nitrogens with zero attached hydrogens (tertiary/aromatic N) is 1. The molecule has 0 bridgehead atoms. The van der Waals surface area contributed by atoms with E-state index in [2.05, 4.69) is 4.98 Å². The Morgan fingerprint density at radius 3 is 2.28 bits per heavy atom. The first kappa shape index (κ1) is 12.7. The normalized spacial score (nSPS) is 10.4. The van der Waals surface area contributed by atoms with Gasteiger partial charge in [0.25, 0.3) is 0 Å². The van der Waals surface area contributed by atoms with Crippen LogP contribution in [0.25, 0.3) is 0 Å². The van der Waals surface area contributed by atoms with E-state index in [-0.39, 0.29) is 17.5 Å². The SMILES string of the molecule is Fc1cc(F)cc(Oc2ncc(F)cc2CCl)c1. The highest BCUT2D eigenvalue weighted by molar-refractivity contribution is 6.17. The summed E-state index contributed by atoms with van der Waals surface area (Å²) >= 11 is 5.60. The van der Waals surface area contributed by atoms with Gasteiger partial charge in [-0.05, 0) is 6.07 Å². The Balaban J connectivity index is 2.33. The number of rotatable bonds is 3. The highest BCUT2D eigenvalue weighted by Crippen LogP contribution is 2.26. The topological polar surface area (TPSA) is 22.1 Å². The maximum Gasteiger partial charge on any atom is 0.223 e. The summed E-state index contributed by atoms with van der Waals surface area (Å²) in [4.78, 5) is 3.68. The number of aromatic nitrogens is 1. The van der Waals surface area contributed by atoms with Gasteiger partial charge in [-0.2, -0.15) is 0 Å². The number of ether oxygens (including phenoxy) is 1. The Morgan fingerprint density at radius 1 is 1.00 bits per heavy atom. The molecule has 94 valence electrons. The van der Waals surface area contributed by atoms with Crippen LogP contribution < -0.4 is 4.74 Å². The minimum Gasteiger partial charge on any atom is -0.438 e. The molecule has 0 aliphatic carbocycles. The van der Waals surface area contributed by atoms with E-state index in [1.807, 2.05) is 0 Å². The molecular weight excluding hydrogens is 267 g/mol. The van der Waals surface area contributed by atoms with Crippen LogP contribution in [0.2, 0.25) is 0 Å². The lowest BCUT2D eigenvalue weighted by atomic mass is 10.3. The van der Waals surface area contributed by atoms with Crippen LogP contribution in [0, 0.1) is 17.5 Å². The Morgan fingerprint density at radius 2 is 1.67 bits per heavy atom. The van der Waals surface area contributed by atoms with E-state index in [9.17, 15) is 13.2 Å². The van der Waals surface area contributed by atoms with Gasteiger partial charge in [0.15, 0.2) is 0 Å². The third kappa shape index (κ3) is 2.92. The summed E-state index contributed by atoms with van der Waals surface area (Å²) in [7, 11) is 0. The molecule has 6 heteroatoms. The average molecular weight is 274 g/mol. The van der Waals surface area contributed by atoms with Crippen molar-refractivity contribution in [3.05, 3.63) is 53.5 Å². The summed E-state index contributed by atoms with van der Waals surface area (Å²) in [5.74, 6) is -2.21. The van der Waals surface area contributed by atoms with E-state index in [0.29, 0.717) is 11.6 Å². The molecule has 0 saturated carbocycles. The molecule has 2 aromatic rings. The van der Waals surface area contributed by atoms with Crippen LogP contribution in [0.15, 0.2) is 30.5 Å². The van der Waals surface area contributed by atoms with Crippen molar-refractivity contribution in [2.24, 2.45) is 0 Å². The second-order valence-electron chi connectivity index (χ2n) is 3.46. The van der Waals surface area contributed by atoms with Crippen molar-refractivity contribution in [3.8, 4) is 11.6 Å². The molecule has 0 unspecified atom stereocenters. The summed E-state index contributed by atoms with van der Waals surface area (Å²) in [5, 5.41) is 0. The van der Waals surface area contributed by atoms with Crippen LogP contribution in [-0.4, -0.2) is 4.98 Å². The van der Waals surface area contributed by atoms with Gasteiger partial charge >= 0.3 is 0 Å². The lowest BCUT2D eigenvalue weighted by Gasteiger charge is -2.08. The first-order valence-corrected chi connectivity index (χ1v) is 5.46. The number of benzene rings is 1. The van der Waals surface area contributed by atoms with Gasteiger partial charge < -0.3 is 4.74 Å². The number of alkyl halides is 1. The van der Waals surface area contributed by atoms with Crippen LogP contribution >= 0.6 is 11.6 Å². The molecule has 0 aliphatic rings. The van der Waals surface area contributed by atoms with E-state index >= 15 is 0 Å². The molecule has 2 rings (SSSR count). The van der Waals surface area contributed by atoms with Gasteiger partial charge in [-0.15, -0.1) is 11.6 Å². The predicted molar refractivity (Wildman–Crippen MR) is 60.2 cm³/mol. The molecule has 1 aromatic carbocycles. The minimum absolute atomic E-state index is 0.0106. The number of halogens is 4. The highest BCUT2D eigenvalue weighted by atomic mass is 35.5. The smallest absolute Gasteiger partial charge is 0.223 e. The summed E-state index contributed by atoms with van der Waals surface area (Å²) in [5.41, 5.74) is 0.293. The lowest BCUT2D eigenvalue weighted by Crippen LogP contribution is -1.95. The molecule has 0 atom stereocenters. The maximum absolute atomic E-state index is 13.0. The fourth-order valence-corrected chi connectivity index (χ4v) is 1.55. The number of hydrogen-bond donors (Lipinski definition) is 0. The van der Waals surface area contributed by atoms with Gasteiger partial charge in [0, 0.05) is 23.8 Å². The highest BCUT2D eigenvalue weighted by Gasteiger charge is 2.09. The third-order valence-corrected chi connectivity index (χ3v) is 2.37. The molecule has 0 spiro atoms. The standard InChI is InChI=1S/C12H7ClF3NO/c13-5-7-1-10(16)6-17-12(7)18-11-3-8(14)2-9(15)4-11/h1-4,6H,5H2. The van der Waals surface area contributed by atoms with Gasteiger partial charge in [0.1, 0.15) is 23.2 Å². The molecule has 2 nitrogen and oxygen atoms in total. The number of hydrogen-bond acceptors (Lipinski definition) is 2. The molecule has 0 amide bonds. The Hall–Kier alpha value is -1.75. The molecular formula is C12H7ClF3NO. The quantitative estimate of drug-likeness (QED) is 0.788. The summed E-state index contributed by atoms with van der Waals surface area (Å²) < 4.78 is 44.0. The Labute approximate surface area is 106 Å². The number of pyridine rings is 1. The zero-order chi connectivity index (χ0) is 13.1. The zero-order valence-electron chi connectivity index (χ0n) is 8.96. The van der Waals surface area contributed by atoms with Crippen molar-refractivity contribution >= 4 is 11.6 Å². The maximum atomic E-state index is 13.0. The third-order valence-electron chi connectivity index (χ3n) is 2.09. The molecule has 0 fully saturated rings. The molecule has 0 radical (unpaired) electrons. The van der Waals surface area contributed by atoms with Gasteiger partial charge in [0.05, 0.1) is 12.1 Å². The van der Waals surface area contributed by atoms with Gasteiger partial charge in [0.2, 0.25) is 5.88 Å². The van der Waals surface area contributed by atoms with Crippen molar-refractivity contribution in [1.82, 2.24) is 4.98 Å². The molecule has 0 N–H and O–H groups in total. The van der Waals surface area contributed by atoms with E-state index in [0.717, 1.165) is 24.4 Å². The summed E-state index contributed by atoms with van der Waals surface area (Å²) in [6.07, 6.45) is 0.932. The van der Waals surface area contributed by atoms with Crippen LogP contribution in [0.3, 0.4) is 0 Å². The fraction of sp³-hybridized carbons (Fsp3) is 0.0833. The monoisotopic (exact) mass is 273 g/mol. The van der Waals surface area contributed by atoms with Crippen LogP contribution in [-0.2, 0) is 5.88 Å². The van der Waals surface area contributed by atoms with Crippen molar-refractivity contribution in [2.75, 3.05) is 0 Å². The molecule has 1 heterocycles. The van der Waals surface area contributed by atoms with Gasteiger partial charge in [-0.3, -0.25) is 0 Å². The minimum atomic E-state index is -0.778. The largest absolute Gasteiger partial charge is 0.438 e. The van der Waals surface area contributed by atoms with Crippen molar-refractivity contribution in [3.63, 3.8) is 0 Å². The van der Waals surface area contributed by atoms with Gasteiger partial charge in [-0.1, -0.05) is 0 Å².